The Balaban J connectivity index is 1.93. The first kappa shape index (κ1) is 22.7. The van der Waals surface area contributed by atoms with E-state index in [2.05, 4.69) is 6.58 Å². The van der Waals surface area contributed by atoms with Crippen LogP contribution in [0.15, 0.2) is 78.3 Å². The molecule has 9 heteroatoms. The molecule has 0 fully saturated rings. The molecule has 0 aliphatic carbocycles. The summed E-state index contributed by atoms with van der Waals surface area (Å²) in [6.07, 6.45) is 3.38. The Kier molecular flexibility index (Phi) is 6.94. The van der Waals surface area contributed by atoms with E-state index in [1.807, 2.05) is 54.1 Å². The Hall–Kier alpha value is -2.94. The third-order valence-corrected chi connectivity index (χ3v) is 7.08. The summed E-state index contributed by atoms with van der Waals surface area (Å²) in [6.45, 7) is 6.42. The topological polar surface area (TPSA) is 85.5 Å². The second-order valence-corrected chi connectivity index (χ2v) is 9.36. The summed E-state index contributed by atoms with van der Waals surface area (Å²) < 4.78 is 29.7. The minimum Gasteiger partial charge on any atom is -0.346 e. The largest absolute Gasteiger partial charge is 0.346 e. The van der Waals surface area contributed by atoms with Gasteiger partial charge < -0.3 is 4.57 Å². The van der Waals surface area contributed by atoms with Gasteiger partial charge in [-0.2, -0.15) is 4.31 Å². The van der Waals surface area contributed by atoms with Crippen LogP contribution < -0.4 is 0 Å². The number of nitro groups is 1. The van der Waals surface area contributed by atoms with Crippen LogP contribution in [0.25, 0.3) is 0 Å². The van der Waals surface area contributed by atoms with Gasteiger partial charge in [0, 0.05) is 31.0 Å². The smallest absolute Gasteiger partial charge is 0.289 e. The van der Waals surface area contributed by atoms with Crippen molar-refractivity contribution in [3.05, 3.63) is 105 Å². The van der Waals surface area contributed by atoms with E-state index in [0.29, 0.717) is 6.54 Å². The van der Waals surface area contributed by atoms with Crippen LogP contribution in [0.2, 0.25) is 5.02 Å². The van der Waals surface area contributed by atoms with Gasteiger partial charge in [0.2, 0.25) is 10.0 Å². The molecule has 0 saturated heterocycles. The fourth-order valence-corrected chi connectivity index (χ4v) is 4.82. The molecule has 0 bridgehead atoms. The average Bonchev–Trinajstić information content (AvgIpc) is 3.16. The summed E-state index contributed by atoms with van der Waals surface area (Å²) >= 11 is 5.84. The van der Waals surface area contributed by atoms with Gasteiger partial charge in [-0.05, 0) is 42.3 Å². The number of sulfonamides is 1. The Morgan fingerprint density at radius 1 is 1.19 bits per heavy atom. The first-order chi connectivity index (χ1) is 14.7. The summed E-state index contributed by atoms with van der Waals surface area (Å²) in [5.41, 5.74) is 2.61. The number of aromatic nitrogens is 1. The maximum Gasteiger partial charge on any atom is 0.289 e. The molecule has 0 atom stereocenters. The number of benzene rings is 2. The van der Waals surface area contributed by atoms with Gasteiger partial charge in [0.1, 0.15) is 5.02 Å². The van der Waals surface area contributed by atoms with Crippen LogP contribution in [-0.2, 0) is 23.1 Å². The summed E-state index contributed by atoms with van der Waals surface area (Å²) in [6, 6.07) is 15.2. The van der Waals surface area contributed by atoms with Crippen molar-refractivity contribution in [3.63, 3.8) is 0 Å². The number of nitro benzene ring substituents is 1. The van der Waals surface area contributed by atoms with E-state index < -0.39 is 20.6 Å². The Labute approximate surface area is 186 Å². The predicted octanol–water partition coefficient (Wildman–Crippen LogP) is 4.78. The van der Waals surface area contributed by atoms with Crippen LogP contribution in [-0.4, -0.2) is 28.8 Å². The Morgan fingerprint density at radius 3 is 2.61 bits per heavy atom. The quantitative estimate of drug-likeness (QED) is 0.262. The first-order valence-electron chi connectivity index (χ1n) is 9.47. The van der Waals surface area contributed by atoms with Crippen molar-refractivity contribution in [2.24, 2.45) is 0 Å². The molecule has 3 rings (SSSR count). The number of aryl methyl sites for hydroxylation is 1. The van der Waals surface area contributed by atoms with Crippen molar-refractivity contribution in [1.29, 1.82) is 0 Å². The maximum absolute atomic E-state index is 13.3. The minimum absolute atomic E-state index is 0.0499. The monoisotopic (exact) mass is 459 g/mol. The molecule has 0 amide bonds. The number of nitrogens with zero attached hydrogens (tertiary/aromatic N) is 3. The van der Waals surface area contributed by atoms with E-state index in [1.165, 1.54) is 22.5 Å². The molecule has 0 aliphatic heterocycles. The molecule has 7 nitrogen and oxygen atoms in total. The van der Waals surface area contributed by atoms with Gasteiger partial charge in [-0.25, -0.2) is 8.42 Å². The molecule has 0 unspecified atom stereocenters. The lowest BCUT2D eigenvalue weighted by atomic mass is 10.1. The summed E-state index contributed by atoms with van der Waals surface area (Å²) in [5.74, 6) is 0. The molecule has 0 spiro atoms. The van der Waals surface area contributed by atoms with E-state index in [-0.39, 0.29) is 23.0 Å². The zero-order valence-electron chi connectivity index (χ0n) is 16.9. The molecule has 31 heavy (non-hydrogen) atoms. The third kappa shape index (κ3) is 5.04. The molecule has 162 valence electrons. The maximum atomic E-state index is 13.3. The van der Waals surface area contributed by atoms with Gasteiger partial charge >= 0.3 is 0 Å². The van der Waals surface area contributed by atoms with Crippen molar-refractivity contribution in [2.75, 3.05) is 6.54 Å². The summed E-state index contributed by atoms with van der Waals surface area (Å²) in [7, 11) is -4.02. The van der Waals surface area contributed by atoms with Crippen molar-refractivity contribution in [1.82, 2.24) is 8.87 Å². The molecular weight excluding hydrogens is 438 g/mol. The lowest BCUT2D eigenvalue weighted by Crippen LogP contribution is -2.31. The van der Waals surface area contributed by atoms with E-state index in [9.17, 15) is 18.5 Å². The SMILES string of the molecule is C=CCN(Cc1cccn1Cc1ccccc1C)S(=O)(=O)c1ccc(Cl)c([N+](=O)[O-])c1. The van der Waals surface area contributed by atoms with Crippen LogP contribution in [0, 0.1) is 17.0 Å². The zero-order valence-corrected chi connectivity index (χ0v) is 18.5. The summed E-state index contributed by atoms with van der Waals surface area (Å²) in [4.78, 5) is 10.3. The number of rotatable bonds is 9. The Bertz CT molecular complexity index is 1220. The lowest BCUT2D eigenvalue weighted by molar-refractivity contribution is -0.384. The number of hydrogen-bond acceptors (Lipinski definition) is 4. The average molecular weight is 460 g/mol. The molecule has 1 aromatic heterocycles. The molecule has 2 aromatic carbocycles. The second-order valence-electron chi connectivity index (χ2n) is 7.01. The predicted molar refractivity (Wildman–Crippen MR) is 121 cm³/mol. The summed E-state index contributed by atoms with van der Waals surface area (Å²) in [5, 5.41) is 11.1. The highest BCUT2D eigenvalue weighted by Crippen LogP contribution is 2.29. The Morgan fingerprint density at radius 2 is 1.94 bits per heavy atom. The van der Waals surface area contributed by atoms with Crippen LogP contribution in [0.5, 0.6) is 0 Å². The van der Waals surface area contributed by atoms with Gasteiger partial charge in [-0.1, -0.05) is 41.9 Å². The number of hydrogen-bond donors (Lipinski definition) is 0. The number of halogens is 1. The molecule has 0 saturated carbocycles. The minimum atomic E-state index is -4.02. The first-order valence-corrected chi connectivity index (χ1v) is 11.3. The van der Waals surface area contributed by atoms with Gasteiger partial charge in [-0.15, -0.1) is 6.58 Å². The highest BCUT2D eigenvalue weighted by Gasteiger charge is 2.27. The van der Waals surface area contributed by atoms with Crippen molar-refractivity contribution in [2.45, 2.75) is 24.9 Å². The van der Waals surface area contributed by atoms with E-state index >= 15 is 0 Å². The van der Waals surface area contributed by atoms with Crippen LogP contribution >= 0.6 is 11.6 Å². The van der Waals surface area contributed by atoms with E-state index in [0.717, 1.165) is 22.9 Å². The van der Waals surface area contributed by atoms with Crippen LogP contribution in [0.4, 0.5) is 5.69 Å². The molecule has 0 N–H and O–H groups in total. The van der Waals surface area contributed by atoms with E-state index in [4.69, 9.17) is 11.6 Å². The van der Waals surface area contributed by atoms with Crippen molar-refractivity contribution >= 4 is 27.3 Å². The lowest BCUT2D eigenvalue weighted by Gasteiger charge is -2.22. The highest BCUT2D eigenvalue weighted by molar-refractivity contribution is 7.89. The van der Waals surface area contributed by atoms with Crippen molar-refractivity contribution in [3.8, 4) is 0 Å². The molecule has 0 aliphatic rings. The van der Waals surface area contributed by atoms with Gasteiger partial charge in [-0.3, -0.25) is 10.1 Å². The molecule has 0 radical (unpaired) electrons. The molecule has 3 aromatic rings. The second kappa shape index (κ2) is 9.47. The van der Waals surface area contributed by atoms with Crippen LogP contribution in [0.1, 0.15) is 16.8 Å². The fraction of sp³-hybridized carbons (Fsp3) is 0.182. The molecular formula is C22H22ClN3O4S. The van der Waals surface area contributed by atoms with Crippen LogP contribution in [0.3, 0.4) is 0 Å². The van der Waals surface area contributed by atoms with Gasteiger partial charge in [0.15, 0.2) is 0 Å². The molecule has 1 heterocycles. The van der Waals surface area contributed by atoms with Gasteiger partial charge in [0.25, 0.3) is 5.69 Å². The third-order valence-electron chi connectivity index (χ3n) is 4.95. The van der Waals surface area contributed by atoms with Crippen molar-refractivity contribution < 1.29 is 13.3 Å². The zero-order chi connectivity index (χ0) is 22.6. The fourth-order valence-electron chi connectivity index (χ4n) is 3.23. The highest BCUT2D eigenvalue weighted by atomic mass is 35.5. The standard InChI is InChI=1S/C22H22ClN3O4S/c1-3-12-25(31(29,30)20-10-11-21(23)22(14-20)26(27)28)16-19-9-6-13-24(19)15-18-8-5-4-7-17(18)2/h3-11,13-14H,1,12,15-16H2,2H3. The van der Waals surface area contributed by atoms with E-state index in [1.54, 1.807) is 0 Å². The van der Waals surface area contributed by atoms with Gasteiger partial charge in [0.05, 0.1) is 16.4 Å². The normalized spacial score (nSPS) is 11.6.